The Balaban J connectivity index is 2.72. The van der Waals surface area contributed by atoms with Gasteiger partial charge in [0.25, 0.3) is 0 Å². The molecule has 0 aliphatic carbocycles. The first-order valence-electron chi connectivity index (χ1n) is 7.70. The second-order valence-corrected chi connectivity index (χ2v) is 5.74. The molecular formula is C18H22O5S. The summed E-state index contributed by atoms with van der Waals surface area (Å²) in [5.74, 6) is -1.19. The first kappa shape index (κ1) is 19.8. The molecule has 0 spiro atoms. The Bertz CT molecular complexity index is 593. The molecule has 0 atom stereocenters. The van der Waals surface area contributed by atoms with Crippen LogP contribution in [0.2, 0.25) is 0 Å². The summed E-state index contributed by atoms with van der Waals surface area (Å²) in [5, 5.41) is 9.59. The fourth-order valence-corrected chi connectivity index (χ4v) is 2.63. The summed E-state index contributed by atoms with van der Waals surface area (Å²) in [6, 6.07) is 9.90. The maximum absolute atomic E-state index is 12.0. The molecule has 0 unspecified atom stereocenters. The average Bonchev–Trinajstić information content (AvgIpc) is 2.58. The zero-order valence-electron chi connectivity index (χ0n) is 13.9. The van der Waals surface area contributed by atoms with Crippen molar-refractivity contribution >= 4 is 23.7 Å². The lowest BCUT2D eigenvalue weighted by atomic mass is 10.2. The van der Waals surface area contributed by atoms with Crippen LogP contribution in [0.1, 0.15) is 19.4 Å². The molecule has 5 nitrogen and oxygen atoms in total. The Kier molecular flexibility index (Phi) is 9.38. The number of aryl methyl sites for hydroxylation is 1. The van der Waals surface area contributed by atoms with Gasteiger partial charge in [0.2, 0.25) is 5.76 Å². The first-order valence-corrected chi connectivity index (χ1v) is 8.68. The van der Waals surface area contributed by atoms with Crippen LogP contribution < -0.4 is 0 Å². The molecule has 1 aromatic rings. The molecule has 1 rings (SSSR count). The Morgan fingerprint density at radius 2 is 1.67 bits per heavy atom. The molecule has 130 valence electrons. The summed E-state index contributed by atoms with van der Waals surface area (Å²) in [7, 11) is 0. The second kappa shape index (κ2) is 11.3. The van der Waals surface area contributed by atoms with Crippen LogP contribution in [-0.4, -0.2) is 36.0 Å². The molecule has 1 N–H and O–H groups in total. The van der Waals surface area contributed by atoms with Gasteiger partial charge in [-0.2, -0.15) is 0 Å². The smallest absolute Gasteiger partial charge is 0.373 e. The normalized spacial score (nSPS) is 11.9. The third kappa shape index (κ3) is 7.37. The van der Waals surface area contributed by atoms with Gasteiger partial charge in [0.05, 0.1) is 18.1 Å². The largest absolute Gasteiger partial charge is 0.502 e. The minimum absolute atomic E-state index is 0.164. The van der Waals surface area contributed by atoms with E-state index in [-0.39, 0.29) is 13.2 Å². The van der Waals surface area contributed by atoms with Crippen LogP contribution in [0.15, 0.2) is 53.1 Å². The van der Waals surface area contributed by atoms with Crippen LogP contribution in [0.25, 0.3) is 0 Å². The SMILES string of the molecule is CCOC(=O)C(O)=CC=C(SCCc1ccccc1)C(=O)OCC. The van der Waals surface area contributed by atoms with Crippen molar-refractivity contribution in [1.29, 1.82) is 0 Å². The topological polar surface area (TPSA) is 72.8 Å². The zero-order valence-corrected chi connectivity index (χ0v) is 14.7. The van der Waals surface area contributed by atoms with Gasteiger partial charge in [-0.1, -0.05) is 30.3 Å². The third-order valence-electron chi connectivity index (χ3n) is 2.84. The summed E-state index contributed by atoms with van der Waals surface area (Å²) in [6.45, 7) is 3.78. The lowest BCUT2D eigenvalue weighted by Crippen LogP contribution is -2.08. The van der Waals surface area contributed by atoms with Gasteiger partial charge in [-0.25, -0.2) is 9.59 Å². The van der Waals surface area contributed by atoms with E-state index in [4.69, 9.17) is 4.74 Å². The van der Waals surface area contributed by atoms with E-state index in [9.17, 15) is 14.7 Å². The molecule has 24 heavy (non-hydrogen) atoms. The van der Waals surface area contributed by atoms with Crippen molar-refractivity contribution in [2.45, 2.75) is 20.3 Å². The number of hydrogen-bond donors (Lipinski definition) is 1. The number of allylic oxidation sites excluding steroid dienone is 2. The zero-order chi connectivity index (χ0) is 17.8. The van der Waals surface area contributed by atoms with Gasteiger partial charge in [0.15, 0.2) is 0 Å². The Morgan fingerprint density at radius 1 is 1.04 bits per heavy atom. The standard InChI is InChI=1S/C18H22O5S/c1-3-22-17(20)15(19)10-11-16(18(21)23-4-2)24-13-12-14-8-6-5-7-9-14/h5-11,19H,3-4,12-13H2,1-2H3. The molecule has 6 heteroatoms. The quantitative estimate of drug-likeness (QED) is 0.318. The molecule has 0 fully saturated rings. The maximum atomic E-state index is 12.0. The monoisotopic (exact) mass is 350 g/mol. The van der Waals surface area contributed by atoms with Crippen LogP contribution in [0.5, 0.6) is 0 Å². The number of rotatable bonds is 9. The lowest BCUT2D eigenvalue weighted by molar-refractivity contribution is -0.141. The Morgan fingerprint density at radius 3 is 2.29 bits per heavy atom. The number of esters is 2. The first-order chi connectivity index (χ1) is 11.6. The van der Waals surface area contributed by atoms with Crippen molar-refractivity contribution in [3.05, 3.63) is 58.7 Å². The van der Waals surface area contributed by atoms with Crippen molar-refractivity contribution in [3.8, 4) is 0 Å². The predicted octanol–water partition coefficient (Wildman–Crippen LogP) is 3.41. The molecule has 0 saturated carbocycles. The van der Waals surface area contributed by atoms with Crippen LogP contribution >= 0.6 is 11.8 Å². The molecule has 0 bridgehead atoms. The number of thioether (sulfide) groups is 1. The van der Waals surface area contributed by atoms with Gasteiger partial charge in [-0.15, -0.1) is 11.8 Å². The second-order valence-electron chi connectivity index (χ2n) is 4.61. The predicted molar refractivity (Wildman–Crippen MR) is 94.7 cm³/mol. The highest BCUT2D eigenvalue weighted by Crippen LogP contribution is 2.19. The van der Waals surface area contributed by atoms with Gasteiger partial charge in [-0.05, 0) is 38.0 Å². The number of aliphatic hydroxyl groups excluding tert-OH is 1. The fraction of sp³-hybridized carbons (Fsp3) is 0.333. The van der Waals surface area contributed by atoms with E-state index in [1.54, 1.807) is 13.8 Å². The van der Waals surface area contributed by atoms with Crippen molar-refractivity contribution in [2.24, 2.45) is 0 Å². The molecule has 0 aliphatic rings. The van der Waals surface area contributed by atoms with E-state index in [1.807, 2.05) is 30.3 Å². The summed E-state index contributed by atoms with van der Waals surface area (Å²) in [6.07, 6.45) is 3.31. The van der Waals surface area contributed by atoms with Crippen molar-refractivity contribution in [3.63, 3.8) is 0 Å². The Hall–Kier alpha value is -2.21. The van der Waals surface area contributed by atoms with Gasteiger partial charge in [0, 0.05) is 5.75 Å². The maximum Gasteiger partial charge on any atom is 0.373 e. The summed E-state index contributed by atoms with van der Waals surface area (Å²) in [5.41, 5.74) is 1.16. The van der Waals surface area contributed by atoms with E-state index >= 15 is 0 Å². The number of benzene rings is 1. The highest BCUT2D eigenvalue weighted by Gasteiger charge is 2.12. The van der Waals surface area contributed by atoms with Crippen LogP contribution in [0.3, 0.4) is 0 Å². The van der Waals surface area contributed by atoms with E-state index in [1.165, 1.54) is 17.8 Å². The van der Waals surface area contributed by atoms with E-state index in [0.29, 0.717) is 10.7 Å². The molecule has 0 aliphatic heterocycles. The van der Waals surface area contributed by atoms with Crippen molar-refractivity contribution < 1.29 is 24.2 Å². The van der Waals surface area contributed by atoms with E-state index in [0.717, 1.165) is 18.1 Å². The van der Waals surface area contributed by atoms with Crippen molar-refractivity contribution in [1.82, 2.24) is 0 Å². The molecule has 0 heterocycles. The Labute approximate surface area is 146 Å². The molecule has 0 radical (unpaired) electrons. The molecule has 1 aromatic carbocycles. The van der Waals surface area contributed by atoms with Crippen LogP contribution in [0.4, 0.5) is 0 Å². The molecule has 0 aromatic heterocycles. The van der Waals surface area contributed by atoms with Gasteiger partial charge in [0.1, 0.15) is 0 Å². The highest BCUT2D eigenvalue weighted by molar-refractivity contribution is 8.03. The van der Waals surface area contributed by atoms with Gasteiger partial charge < -0.3 is 14.6 Å². The summed E-state index contributed by atoms with van der Waals surface area (Å²) < 4.78 is 9.67. The minimum Gasteiger partial charge on any atom is -0.502 e. The fourth-order valence-electron chi connectivity index (χ4n) is 1.73. The van der Waals surface area contributed by atoms with Gasteiger partial charge >= 0.3 is 11.9 Å². The summed E-state index contributed by atoms with van der Waals surface area (Å²) in [4.78, 5) is 23.6. The van der Waals surface area contributed by atoms with E-state index < -0.39 is 17.7 Å². The number of aliphatic hydroxyl groups is 1. The van der Waals surface area contributed by atoms with E-state index in [2.05, 4.69) is 4.74 Å². The summed E-state index contributed by atoms with van der Waals surface area (Å²) >= 11 is 1.31. The molecule has 0 saturated heterocycles. The number of carbonyl (C=O) groups is 2. The van der Waals surface area contributed by atoms with Gasteiger partial charge in [-0.3, -0.25) is 0 Å². The van der Waals surface area contributed by atoms with Crippen molar-refractivity contribution in [2.75, 3.05) is 19.0 Å². The minimum atomic E-state index is -0.828. The number of hydrogen-bond acceptors (Lipinski definition) is 6. The highest BCUT2D eigenvalue weighted by atomic mass is 32.2. The number of ether oxygens (including phenoxy) is 2. The molecular weight excluding hydrogens is 328 g/mol. The van der Waals surface area contributed by atoms with Crippen LogP contribution in [-0.2, 0) is 25.5 Å². The van der Waals surface area contributed by atoms with Crippen LogP contribution in [0, 0.1) is 0 Å². The lowest BCUT2D eigenvalue weighted by Gasteiger charge is -2.06. The average molecular weight is 350 g/mol. The number of carbonyl (C=O) groups excluding carboxylic acids is 2. The molecule has 0 amide bonds. The third-order valence-corrected chi connectivity index (χ3v) is 3.87.